The Morgan fingerprint density at radius 1 is 1.10 bits per heavy atom. The SMILES string of the molecule is O=C(Nc1c[nH]c(=O)c(-c2cc3cc(CN4CCC(F)CC4)ccc3[nH]2)c1)c1cnn([C@H](F)c2ccccc2)c1. The molecule has 0 unspecified atom stereocenters. The van der Waals surface area contributed by atoms with Crippen molar-refractivity contribution in [3.8, 4) is 11.3 Å². The average Bonchev–Trinajstić information content (AvgIpc) is 3.63. The van der Waals surface area contributed by atoms with Crippen LogP contribution in [0.25, 0.3) is 22.2 Å². The van der Waals surface area contributed by atoms with Crippen molar-refractivity contribution in [2.24, 2.45) is 0 Å². The fraction of sp³-hybridized carbons (Fsp3) is 0.233. The molecule has 10 heteroatoms. The highest BCUT2D eigenvalue weighted by Gasteiger charge is 2.19. The first-order valence-corrected chi connectivity index (χ1v) is 13.2. The molecular weight excluding hydrogens is 514 g/mol. The zero-order valence-electron chi connectivity index (χ0n) is 21.6. The van der Waals surface area contributed by atoms with Crippen molar-refractivity contribution < 1.29 is 13.6 Å². The van der Waals surface area contributed by atoms with E-state index in [4.69, 9.17) is 0 Å². The van der Waals surface area contributed by atoms with Gasteiger partial charge >= 0.3 is 0 Å². The van der Waals surface area contributed by atoms with Crippen LogP contribution in [0.1, 0.15) is 40.6 Å². The van der Waals surface area contributed by atoms with Gasteiger partial charge in [0.25, 0.3) is 11.5 Å². The highest BCUT2D eigenvalue weighted by Crippen LogP contribution is 2.26. The van der Waals surface area contributed by atoms with Crippen molar-refractivity contribution in [3.05, 3.63) is 106 Å². The molecule has 0 aliphatic carbocycles. The standard InChI is InChI=1S/C30H28F2N6O2/c31-23-8-10-37(11-9-23)17-19-6-7-26-21(12-19)13-27(36-26)25-14-24(16-33-30(25)40)35-29(39)22-15-34-38(18-22)28(32)20-4-2-1-3-5-20/h1-7,12-16,18,23,28,36H,8-11,17H2,(H,33,40)(H,35,39)/t28-/m0/s1. The topological polar surface area (TPSA) is 98.8 Å². The number of halogens is 2. The highest BCUT2D eigenvalue weighted by molar-refractivity contribution is 6.04. The van der Waals surface area contributed by atoms with Gasteiger partial charge in [-0.25, -0.2) is 13.5 Å². The van der Waals surface area contributed by atoms with Crippen molar-refractivity contribution in [3.63, 3.8) is 0 Å². The fourth-order valence-electron chi connectivity index (χ4n) is 5.05. The van der Waals surface area contributed by atoms with E-state index in [-0.39, 0.29) is 11.1 Å². The third kappa shape index (κ3) is 5.43. The molecule has 4 heterocycles. The minimum absolute atomic E-state index is 0.181. The number of benzene rings is 2. The second kappa shape index (κ2) is 10.9. The Hall–Kier alpha value is -4.57. The Morgan fingerprint density at radius 2 is 1.90 bits per heavy atom. The van der Waals surface area contributed by atoms with E-state index in [1.54, 1.807) is 36.4 Å². The number of hydrogen-bond acceptors (Lipinski definition) is 4. The van der Waals surface area contributed by atoms with Gasteiger partial charge < -0.3 is 15.3 Å². The predicted molar refractivity (Wildman–Crippen MR) is 150 cm³/mol. The van der Waals surface area contributed by atoms with E-state index in [0.29, 0.717) is 35.3 Å². The summed E-state index contributed by atoms with van der Waals surface area (Å²) in [6.45, 7) is 2.23. The summed E-state index contributed by atoms with van der Waals surface area (Å²) in [6.07, 6.45) is 2.97. The molecule has 0 spiro atoms. The molecule has 5 aromatic rings. The molecule has 6 rings (SSSR count). The van der Waals surface area contributed by atoms with Crippen LogP contribution in [-0.4, -0.2) is 49.8 Å². The largest absolute Gasteiger partial charge is 0.354 e. The molecule has 40 heavy (non-hydrogen) atoms. The number of pyridine rings is 1. The van der Waals surface area contributed by atoms with Crippen LogP contribution < -0.4 is 10.9 Å². The maximum absolute atomic E-state index is 14.8. The maximum Gasteiger partial charge on any atom is 0.258 e. The summed E-state index contributed by atoms with van der Waals surface area (Å²) >= 11 is 0. The Morgan fingerprint density at radius 3 is 2.70 bits per heavy atom. The van der Waals surface area contributed by atoms with Crippen LogP contribution >= 0.6 is 0 Å². The van der Waals surface area contributed by atoms with Crippen molar-refractivity contribution in [2.45, 2.75) is 31.9 Å². The maximum atomic E-state index is 14.8. The number of aromatic amines is 2. The van der Waals surface area contributed by atoms with Gasteiger partial charge in [0, 0.05) is 48.5 Å². The van der Waals surface area contributed by atoms with Crippen LogP contribution in [0.2, 0.25) is 0 Å². The number of rotatable bonds is 7. The number of nitrogens with zero attached hydrogens (tertiary/aromatic N) is 3. The van der Waals surface area contributed by atoms with E-state index in [2.05, 4.69) is 31.3 Å². The van der Waals surface area contributed by atoms with Crippen molar-refractivity contribution >= 4 is 22.5 Å². The minimum Gasteiger partial charge on any atom is -0.354 e. The third-order valence-electron chi connectivity index (χ3n) is 7.23. The molecule has 1 atom stereocenters. The monoisotopic (exact) mass is 542 g/mol. The molecule has 0 saturated carbocycles. The fourth-order valence-corrected chi connectivity index (χ4v) is 5.05. The summed E-state index contributed by atoms with van der Waals surface area (Å²) in [4.78, 5) is 33.8. The number of piperidine rings is 1. The molecule has 1 amide bonds. The van der Waals surface area contributed by atoms with Gasteiger partial charge in [-0.05, 0) is 42.7 Å². The number of anilines is 1. The second-order valence-corrected chi connectivity index (χ2v) is 10.1. The first-order chi connectivity index (χ1) is 19.4. The van der Waals surface area contributed by atoms with Crippen molar-refractivity contribution in [1.82, 2.24) is 24.6 Å². The molecule has 1 aliphatic rings. The summed E-state index contributed by atoms with van der Waals surface area (Å²) in [5, 5.41) is 7.70. The number of nitrogens with one attached hydrogen (secondary N) is 3. The van der Waals surface area contributed by atoms with E-state index in [1.165, 1.54) is 18.6 Å². The lowest BCUT2D eigenvalue weighted by Crippen LogP contribution is -2.33. The first-order valence-electron chi connectivity index (χ1n) is 13.2. The van der Waals surface area contributed by atoms with Crippen molar-refractivity contribution in [2.75, 3.05) is 18.4 Å². The van der Waals surface area contributed by atoms with E-state index in [9.17, 15) is 18.4 Å². The first kappa shape index (κ1) is 25.7. The molecule has 3 aromatic heterocycles. The van der Waals surface area contributed by atoms with Gasteiger partial charge in [0.15, 0.2) is 0 Å². The summed E-state index contributed by atoms with van der Waals surface area (Å²) < 4.78 is 29.4. The lowest BCUT2D eigenvalue weighted by atomic mass is 10.1. The summed E-state index contributed by atoms with van der Waals surface area (Å²) in [6, 6.07) is 18.1. The molecule has 204 valence electrons. The molecule has 8 nitrogen and oxygen atoms in total. The number of hydrogen-bond donors (Lipinski definition) is 3. The van der Waals surface area contributed by atoms with Crippen LogP contribution in [0.4, 0.5) is 14.5 Å². The normalized spacial score (nSPS) is 15.3. The summed E-state index contributed by atoms with van der Waals surface area (Å²) in [5.74, 6) is -0.484. The van der Waals surface area contributed by atoms with Crippen LogP contribution in [-0.2, 0) is 6.54 Å². The summed E-state index contributed by atoms with van der Waals surface area (Å²) in [5.41, 5.74) is 3.64. The van der Waals surface area contributed by atoms with Gasteiger partial charge in [-0.1, -0.05) is 36.4 Å². The van der Waals surface area contributed by atoms with Gasteiger partial charge in [0.05, 0.1) is 28.7 Å². The number of aromatic nitrogens is 4. The smallest absolute Gasteiger partial charge is 0.258 e. The predicted octanol–water partition coefficient (Wildman–Crippen LogP) is 5.42. The molecule has 1 aliphatic heterocycles. The Bertz CT molecular complexity index is 1700. The number of carbonyl (C=O) groups excluding carboxylic acids is 1. The molecule has 0 radical (unpaired) electrons. The molecule has 2 aromatic carbocycles. The van der Waals surface area contributed by atoms with Gasteiger partial charge in [-0.2, -0.15) is 5.10 Å². The quantitative estimate of drug-likeness (QED) is 0.256. The number of fused-ring (bicyclic) bond motifs is 1. The Balaban J connectivity index is 1.18. The lowest BCUT2D eigenvalue weighted by molar-refractivity contribution is 0.102. The molecule has 0 bridgehead atoms. The molecule has 1 fully saturated rings. The van der Waals surface area contributed by atoms with E-state index in [1.807, 2.05) is 18.2 Å². The lowest BCUT2D eigenvalue weighted by Gasteiger charge is -2.28. The molecule has 1 saturated heterocycles. The van der Waals surface area contributed by atoms with E-state index in [0.717, 1.165) is 40.8 Å². The van der Waals surface area contributed by atoms with Gasteiger partial charge in [-0.15, -0.1) is 0 Å². The van der Waals surface area contributed by atoms with Gasteiger partial charge in [-0.3, -0.25) is 14.5 Å². The minimum atomic E-state index is -1.52. The van der Waals surface area contributed by atoms with Crippen molar-refractivity contribution in [1.29, 1.82) is 0 Å². The number of likely N-dealkylation sites (tertiary alicyclic amines) is 1. The summed E-state index contributed by atoms with van der Waals surface area (Å²) in [7, 11) is 0. The highest BCUT2D eigenvalue weighted by atomic mass is 19.1. The number of carbonyl (C=O) groups is 1. The average molecular weight is 543 g/mol. The van der Waals surface area contributed by atoms with Crippen LogP contribution in [0.5, 0.6) is 0 Å². The molecule has 3 N–H and O–H groups in total. The molecular formula is C30H28F2N6O2. The number of amides is 1. The van der Waals surface area contributed by atoms with Crippen LogP contribution in [0.3, 0.4) is 0 Å². The van der Waals surface area contributed by atoms with E-state index >= 15 is 0 Å². The number of alkyl halides is 2. The van der Waals surface area contributed by atoms with Crippen LogP contribution in [0.15, 0.2) is 84.0 Å². The number of H-pyrrole nitrogens is 2. The van der Waals surface area contributed by atoms with Crippen LogP contribution in [0, 0.1) is 0 Å². The zero-order valence-corrected chi connectivity index (χ0v) is 21.6. The zero-order chi connectivity index (χ0) is 27.6. The van der Waals surface area contributed by atoms with E-state index < -0.39 is 18.4 Å². The second-order valence-electron chi connectivity index (χ2n) is 10.1. The third-order valence-corrected chi connectivity index (χ3v) is 7.23. The Labute approximate surface area is 228 Å². The van der Waals surface area contributed by atoms with Gasteiger partial charge in [0.1, 0.15) is 6.17 Å². The van der Waals surface area contributed by atoms with Gasteiger partial charge in [0.2, 0.25) is 6.30 Å². The Kier molecular flexibility index (Phi) is 7.00.